The van der Waals surface area contributed by atoms with Crippen molar-refractivity contribution in [3.63, 3.8) is 0 Å². The number of amides is 1. The van der Waals surface area contributed by atoms with Crippen molar-refractivity contribution in [2.45, 2.75) is 17.9 Å². The van der Waals surface area contributed by atoms with Gasteiger partial charge in [0.1, 0.15) is 0 Å². The Hall–Kier alpha value is -1.86. The molecule has 116 valence electrons. The maximum Gasteiger partial charge on any atom is 0.255 e. The molecule has 0 saturated heterocycles. The van der Waals surface area contributed by atoms with Crippen molar-refractivity contribution in [2.24, 2.45) is 0 Å². The fourth-order valence-corrected chi connectivity index (χ4v) is 3.31. The lowest BCUT2D eigenvalue weighted by molar-refractivity contribution is 0.0734. The smallest absolute Gasteiger partial charge is 0.255 e. The first-order valence-electron chi connectivity index (χ1n) is 6.66. The molecule has 0 saturated carbocycles. The number of H-pyrrole nitrogens is 1. The third kappa shape index (κ3) is 2.74. The summed E-state index contributed by atoms with van der Waals surface area (Å²) in [5.74, 6) is -0.276. The standard InChI is InChI=1S/C14H14ClN3O3S/c1-22(20,21)10-2-3-12(15)11(6-10)14(19)18-5-4-13-9(8-18)7-16-17-13/h2-3,6-7H,4-5,8H2,1H3,(H,16,17). The third-order valence-electron chi connectivity index (χ3n) is 3.68. The molecule has 1 aliphatic rings. The minimum absolute atomic E-state index is 0.0845. The second kappa shape index (κ2) is 5.40. The molecule has 0 bridgehead atoms. The van der Waals surface area contributed by atoms with Gasteiger partial charge in [0, 0.05) is 37.0 Å². The molecule has 0 atom stereocenters. The SMILES string of the molecule is CS(=O)(=O)c1ccc(Cl)c(C(=O)N2CCc3[nH]ncc3C2)c1. The summed E-state index contributed by atoms with van der Waals surface area (Å²) < 4.78 is 23.3. The summed E-state index contributed by atoms with van der Waals surface area (Å²) in [6, 6.07) is 4.18. The zero-order valence-electron chi connectivity index (χ0n) is 11.8. The van der Waals surface area contributed by atoms with Crippen LogP contribution in [0.3, 0.4) is 0 Å². The summed E-state index contributed by atoms with van der Waals surface area (Å²) in [4.78, 5) is 14.4. The summed E-state index contributed by atoms with van der Waals surface area (Å²) in [6.07, 6.45) is 3.48. The molecule has 0 fully saturated rings. The van der Waals surface area contributed by atoms with Gasteiger partial charge in [0.15, 0.2) is 9.84 Å². The lowest BCUT2D eigenvalue weighted by Crippen LogP contribution is -2.36. The van der Waals surface area contributed by atoms with Gasteiger partial charge in [-0.1, -0.05) is 11.6 Å². The molecular weight excluding hydrogens is 326 g/mol. The van der Waals surface area contributed by atoms with Gasteiger partial charge in [-0.05, 0) is 18.2 Å². The zero-order chi connectivity index (χ0) is 15.9. The van der Waals surface area contributed by atoms with Crippen LogP contribution in [0.4, 0.5) is 0 Å². The van der Waals surface area contributed by atoms with Crippen molar-refractivity contribution in [1.82, 2.24) is 15.1 Å². The fraction of sp³-hybridized carbons (Fsp3) is 0.286. The molecule has 0 spiro atoms. The Morgan fingerprint density at radius 2 is 2.18 bits per heavy atom. The van der Waals surface area contributed by atoms with E-state index in [2.05, 4.69) is 10.2 Å². The Labute approximate surface area is 133 Å². The first kappa shape index (κ1) is 15.1. The van der Waals surface area contributed by atoms with Crippen molar-refractivity contribution in [3.8, 4) is 0 Å². The van der Waals surface area contributed by atoms with E-state index >= 15 is 0 Å². The van der Waals surface area contributed by atoms with Crippen LogP contribution >= 0.6 is 11.6 Å². The zero-order valence-corrected chi connectivity index (χ0v) is 13.4. The molecule has 3 rings (SSSR count). The lowest BCUT2D eigenvalue weighted by atomic mass is 10.1. The molecule has 1 aromatic carbocycles. The highest BCUT2D eigenvalue weighted by atomic mass is 35.5. The number of aromatic nitrogens is 2. The average Bonchev–Trinajstić information content (AvgIpc) is 2.93. The molecule has 0 radical (unpaired) electrons. The van der Waals surface area contributed by atoms with Crippen LogP contribution in [-0.2, 0) is 22.8 Å². The number of aromatic amines is 1. The van der Waals surface area contributed by atoms with E-state index in [1.165, 1.54) is 18.2 Å². The van der Waals surface area contributed by atoms with E-state index in [9.17, 15) is 13.2 Å². The molecule has 2 aromatic rings. The van der Waals surface area contributed by atoms with Crippen LogP contribution in [0.5, 0.6) is 0 Å². The highest BCUT2D eigenvalue weighted by molar-refractivity contribution is 7.90. The predicted octanol–water partition coefficient (Wildman–Crippen LogP) is 1.67. The summed E-state index contributed by atoms with van der Waals surface area (Å²) in [5, 5.41) is 7.12. The van der Waals surface area contributed by atoms with E-state index < -0.39 is 9.84 Å². The van der Waals surface area contributed by atoms with Gasteiger partial charge in [0.25, 0.3) is 5.91 Å². The molecular formula is C14H14ClN3O3S. The highest BCUT2D eigenvalue weighted by Gasteiger charge is 2.25. The molecule has 1 aromatic heterocycles. The van der Waals surface area contributed by atoms with Crippen LogP contribution in [0.15, 0.2) is 29.3 Å². The van der Waals surface area contributed by atoms with Crippen LogP contribution in [0.2, 0.25) is 5.02 Å². The predicted molar refractivity (Wildman–Crippen MR) is 81.6 cm³/mol. The molecule has 0 unspecified atom stereocenters. The van der Waals surface area contributed by atoms with E-state index in [0.717, 1.165) is 17.5 Å². The summed E-state index contributed by atoms with van der Waals surface area (Å²) >= 11 is 6.08. The second-order valence-corrected chi connectivity index (χ2v) is 7.69. The van der Waals surface area contributed by atoms with E-state index in [4.69, 9.17) is 11.6 Å². The lowest BCUT2D eigenvalue weighted by Gasteiger charge is -2.27. The molecule has 1 amide bonds. The van der Waals surface area contributed by atoms with E-state index in [1.54, 1.807) is 11.1 Å². The minimum atomic E-state index is -3.39. The Morgan fingerprint density at radius 3 is 2.91 bits per heavy atom. The van der Waals surface area contributed by atoms with Crippen molar-refractivity contribution in [2.75, 3.05) is 12.8 Å². The van der Waals surface area contributed by atoms with E-state index in [1.807, 2.05) is 0 Å². The summed E-state index contributed by atoms with van der Waals surface area (Å²) in [5.41, 5.74) is 2.20. The maximum atomic E-state index is 12.6. The van der Waals surface area contributed by atoms with Gasteiger partial charge < -0.3 is 4.90 Å². The molecule has 22 heavy (non-hydrogen) atoms. The number of benzene rings is 1. The summed E-state index contributed by atoms with van der Waals surface area (Å²) in [7, 11) is -3.39. The molecule has 1 aliphatic heterocycles. The van der Waals surface area contributed by atoms with Crippen LogP contribution in [0.1, 0.15) is 21.6 Å². The molecule has 1 N–H and O–H groups in total. The first-order chi connectivity index (χ1) is 10.4. The number of nitrogens with zero attached hydrogens (tertiary/aromatic N) is 2. The minimum Gasteiger partial charge on any atom is -0.334 e. The Bertz CT molecular complexity index is 845. The molecule has 2 heterocycles. The number of hydrogen-bond acceptors (Lipinski definition) is 4. The van der Waals surface area contributed by atoms with Crippen molar-refractivity contribution in [1.29, 1.82) is 0 Å². The van der Waals surface area contributed by atoms with Crippen LogP contribution in [-0.4, -0.2) is 42.2 Å². The van der Waals surface area contributed by atoms with Crippen LogP contribution in [0.25, 0.3) is 0 Å². The number of fused-ring (bicyclic) bond motifs is 1. The number of sulfone groups is 1. The van der Waals surface area contributed by atoms with Gasteiger partial charge in [0.05, 0.1) is 21.7 Å². The molecule has 6 nitrogen and oxygen atoms in total. The van der Waals surface area contributed by atoms with Gasteiger partial charge >= 0.3 is 0 Å². The number of hydrogen-bond donors (Lipinski definition) is 1. The number of halogens is 1. The van der Waals surface area contributed by atoms with Gasteiger partial charge in [0.2, 0.25) is 0 Å². The summed E-state index contributed by atoms with van der Waals surface area (Å²) in [6.45, 7) is 0.970. The average molecular weight is 340 g/mol. The van der Waals surface area contributed by atoms with Gasteiger partial charge in [-0.15, -0.1) is 0 Å². The van der Waals surface area contributed by atoms with Crippen LogP contribution < -0.4 is 0 Å². The monoisotopic (exact) mass is 339 g/mol. The van der Waals surface area contributed by atoms with Gasteiger partial charge in [-0.3, -0.25) is 9.89 Å². The number of rotatable bonds is 2. The molecule has 0 aliphatic carbocycles. The maximum absolute atomic E-state index is 12.6. The van der Waals surface area contributed by atoms with Gasteiger partial charge in [-0.2, -0.15) is 5.10 Å². The first-order valence-corrected chi connectivity index (χ1v) is 8.93. The largest absolute Gasteiger partial charge is 0.334 e. The Balaban J connectivity index is 1.93. The number of carbonyl (C=O) groups excluding carboxylic acids is 1. The number of carbonyl (C=O) groups is 1. The topological polar surface area (TPSA) is 83.1 Å². The second-order valence-electron chi connectivity index (χ2n) is 5.26. The van der Waals surface area contributed by atoms with Crippen molar-refractivity contribution in [3.05, 3.63) is 46.2 Å². The normalized spacial score (nSPS) is 14.7. The Morgan fingerprint density at radius 1 is 1.41 bits per heavy atom. The third-order valence-corrected chi connectivity index (χ3v) is 5.12. The van der Waals surface area contributed by atoms with E-state index in [-0.39, 0.29) is 21.4 Å². The van der Waals surface area contributed by atoms with Crippen LogP contribution in [0, 0.1) is 0 Å². The van der Waals surface area contributed by atoms with Crippen molar-refractivity contribution >= 4 is 27.3 Å². The number of nitrogens with one attached hydrogen (secondary N) is 1. The molecule has 8 heteroatoms. The van der Waals surface area contributed by atoms with Gasteiger partial charge in [-0.25, -0.2) is 8.42 Å². The van der Waals surface area contributed by atoms with E-state index in [0.29, 0.717) is 19.5 Å². The quantitative estimate of drug-likeness (QED) is 0.902. The highest BCUT2D eigenvalue weighted by Crippen LogP contribution is 2.24. The van der Waals surface area contributed by atoms with Crippen molar-refractivity contribution < 1.29 is 13.2 Å². The Kier molecular flexibility index (Phi) is 3.70. The fourth-order valence-electron chi connectivity index (χ4n) is 2.46.